The molecule has 1 aliphatic heterocycles. The lowest BCUT2D eigenvalue weighted by molar-refractivity contribution is 0.0951. The number of ketones is 1. The maximum absolute atomic E-state index is 12.8. The lowest BCUT2D eigenvalue weighted by atomic mass is 9.82. The first-order valence-electron chi connectivity index (χ1n) is 7.19. The number of Topliss-reactive ketones (excluding diaryl/α,β-unsaturated/α-hetero) is 1. The van der Waals surface area contributed by atoms with E-state index in [9.17, 15) is 4.79 Å². The lowest BCUT2D eigenvalue weighted by Crippen LogP contribution is -2.17. The van der Waals surface area contributed by atoms with Crippen LogP contribution in [0.5, 0.6) is 5.75 Å². The fourth-order valence-corrected chi connectivity index (χ4v) is 4.29. The van der Waals surface area contributed by atoms with Crippen LogP contribution in [0.1, 0.15) is 45.1 Å². The van der Waals surface area contributed by atoms with Crippen LogP contribution in [0, 0.1) is 0 Å². The topological polar surface area (TPSA) is 26.3 Å². The number of hydrogen-bond acceptors (Lipinski definition) is 3. The van der Waals surface area contributed by atoms with Crippen molar-refractivity contribution < 1.29 is 9.53 Å². The zero-order valence-corrected chi connectivity index (χ0v) is 12.0. The Morgan fingerprint density at radius 3 is 3.15 bits per heavy atom. The van der Waals surface area contributed by atoms with Crippen LogP contribution in [0.4, 0.5) is 0 Å². The van der Waals surface area contributed by atoms with E-state index in [1.807, 2.05) is 18.2 Å². The summed E-state index contributed by atoms with van der Waals surface area (Å²) < 4.78 is 5.51. The molecule has 102 valence electrons. The van der Waals surface area contributed by atoms with Gasteiger partial charge < -0.3 is 4.74 Å². The average Bonchev–Trinajstić information content (AvgIpc) is 3.13. The third-order valence-electron chi connectivity index (χ3n) is 4.34. The van der Waals surface area contributed by atoms with Gasteiger partial charge in [0.2, 0.25) is 0 Å². The first-order valence-corrected chi connectivity index (χ1v) is 8.07. The van der Waals surface area contributed by atoms with Gasteiger partial charge in [-0.05, 0) is 60.0 Å². The molecule has 0 saturated carbocycles. The summed E-state index contributed by atoms with van der Waals surface area (Å²) in [6.45, 7) is 0.741. The van der Waals surface area contributed by atoms with Crippen molar-refractivity contribution in [2.75, 3.05) is 6.61 Å². The minimum Gasteiger partial charge on any atom is -0.493 e. The first kappa shape index (κ1) is 12.2. The van der Waals surface area contributed by atoms with E-state index in [0.717, 1.165) is 43.6 Å². The van der Waals surface area contributed by atoms with Gasteiger partial charge in [-0.15, -0.1) is 11.3 Å². The van der Waals surface area contributed by atoms with Crippen LogP contribution in [0.3, 0.4) is 0 Å². The van der Waals surface area contributed by atoms with Crippen LogP contribution < -0.4 is 4.74 Å². The summed E-state index contributed by atoms with van der Waals surface area (Å²) in [5.74, 6) is 1.28. The number of carbonyl (C=O) groups excluding carboxylic acids is 1. The number of fused-ring (bicyclic) bond motifs is 2. The number of rotatable bonds is 2. The highest BCUT2D eigenvalue weighted by atomic mass is 32.1. The summed E-state index contributed by atoms with van der Waals surface area (Å²) in [6.07, 6.45) is 4.16. The largest absolute Gasteiger partial charge is 0.493 e. The Morgan fingerprint density at radius 1 is 1.25 bits per heavy atom. The maximum atomic E-state index is 12.8. The van der Waals surface area contributed by atoms with Crippen molar-refractivity contribution in [1.29, 1.82) is 0 Å². The Labute approximate surface area is 122 Å². The van der Waals surface area contributed by atoms with Crippen LogP contribution in [-0.2, 0) is 12.8 Å². The van der Waals surface area contributed by atoms with Crippen LogP contribution in [-0.4, -0.2) is 12.4 Å². The SMILES string of the molecule is O=C(c1ccc2c(c1)CCO2)C1CCCc2sccc21. The quantitative estimate of drug-likeness (QED) is 0.780. The molecule has 1 unspecified atom stereocenters. The maximum Gasteiger partial charge on any atom is 0.170 e. The van der Waals surface area contributed by atoms with E-state index in [2.05, 4.69) is 11.4 Å². The van der Waals surface area contributed by atoms with Crippen molar-refractivity contribution in [2.45, 2.75) is 31.6 Å². The molecule has 0 amide bonds. The van der Waals surface area contributed by atoms with E-state index in [0.29, 0.717) is 0 Å². The Hall–Kier alpha value is -1.61. The summed E-state index contributed by atoms with van der Waals surface area (Å²) in [5, 5.41) is 2.12. The number of benzene rings is 1. The molecule has 0 spiro atoms. The smallest absolute Gasteiger partial charge is 0.170 e. The highest BCUT2D eigenvalue weighted by Gasteiger charge is 2.28. The number of thiophene rings is 1. The molecule has 1 atom stereocenters. The molecule has 0 fully saturated rings. The summed E-state index contributed by atoms with van der Waals surface area (Å²) in [6, 6.07) is 8.05. The van der Waals surface area contributed by atoms with Crippen molar-refractivity contribution in [1.82, 2.24) is 0 Å². The second-order valence-electron chi connectivity index (χ2n) is 5.53. The van der Waals surface area contributed by atoms with E-state index < -0.39 is 0 Å². The van der Waals surface area contributed by atoms with Crippen LogP contribution in [0.15, 0.2) is 29.6 Å². The normalized spacial score (nSPS) is 20.1. The minimum absolute atomic E-state index is 0.0605. The fourth-order valence-electron chi connectivity index (χ4n) is 3.30. The van der Waals surface area contributed by atoms with Crippen LogP contribution in [0.25, 0.3) is 0 Å². The third-order valence-corrected chi connectivity index (χ3v) is 5.34. The standard InChI is InChI=1S/C17H16O2S/c18-17(12-4-5-15-11(10-12)6-8-19-15)14-2-1-3-16-13(14)7-9-20-16/h4-5,7,9-10,14H,1-3,6,8H2. The fraction of sp³-hybridized carbons (Fsp3) is 0.353. The van der Waals surface area contributed by atoms with Gasteiger partial charge in [0.05, 0.1) is 6.61 Å². The van der Waals surface area contributed by atoms with Crippen molar-refractivity contribution in [3.8, 4) is 5.75 Å². The molecule has 0 N–H and O–H groups in total. The van der Waals surface area contributed by atoms with Gasteiger partial charge in [0.25, 0.3) is 0 Å². The first-order chi connectivity index (χ1) is 9.83. The number of hydrogen-bond donors (Lipinski definition) is 0. The van der Waals surface area contributed by atoms with Gasteiger partial charge in [-0.25, -0.2) is 0 Å². The van der Waals surface area contributed by atoms with Gasteiger partial charge in [-0.2, -0.15) is 0 Å². The molecule has 2 nitrogen and oxygen atoms in total. The third kappa shape index (κ3) is 1.88. The molecule has 20 heavy (non-hydrogen) atoms. The minimum atomic E-state index is 0.0605. The monoisotopic (exact) mass is 284 g/mol. The molecule has 3 heteroatoms. The van der Waals surface area contributed by atoms with Gasteiger partial charge in [-0.3, -0.25) is 4.79 Å². The van der Waals surface area contributed by atoms with Gasteiger partial charge >= 0.3 is 0 Å². The van der Waals surface area contributed by atoms with Crippen molar-refractivity contribution >= 4 is 17.1 Å². The lowest BCUT2D eigenvalue weighted by Gasteiger charge is -2.21. The van der Waals surface area contributed by atoms with E-state index in [-0.39, 0.29) is 11.7 Å². The molecular formula is C17H16O2S. The highest BCUT2D eigenvalue weighted by molar-refractivity contribution is 7.10. The molecule has 1 aliphatic carbocycles. The molecule has 2 aliphatic rings. The molecular weight excluding hydrogens is 268 g/mol. The summed E-state index contributed by atoms with van der Waals surface area (Å²) in [7, 11) is 0. The molecule has 1 aromatic heterocycles. The van der Waals surface area contributed by atoms with Gasteiger partial charge in [0.1, 0.15) is 5.75 Å². The van der Waals surface area contributed by atoms with Crippen molar-refractivity contribution in [3.05, 3.63) is 51.2 Å². The van der Waals surface area contributed by atoms with Gasteiger partial charge in [0, 0.05) is 22.8 Å². The predicted octanol–water partition coefficient (Wildman–Crippen LogP) is 3.99. The van der Waals surface area contributed by atoms with E-state index in [4.69, 9.17) is 4.74 Å². The molecule has 2 heterocycles. The molecule has 1 aromatic carbocycles. The summed E-state index contributed by atoms with van der Waals surface area (Å²) in [5.41, 5.74) is 3.29. The Kier molecular flexibility index (Phi) is 2.88. The summed E-state index contributed by atoms with van der Waals surface area (Å²) in [4.78, 5) is 14.2. The molecule has 2 aromatic rings. The van der Waals surface area contributed by atoms with E-state index in [1.54, 1.807) is 11.3 Å². The second-order valence-corrected chi connectivity index (χ2v) is 6.53. The Morgan fingerprint density at radius 2 is 2.20 bits per heavy atom. The van der Waals surface area contributed by atoms with Crippen LogP contribution >= 0.6 is 11.3 Å². The van der Waals surface area contributed by atoms with E-state index in [1.165, 1.54) is 16.0 Å². The Balaban J connectivity index is 1.69. The zero-order chi connectivity index (χ0) is 13.5. The summed E-state index contributed by atoms with van der Waals surface area (Å²) >= 11 is 1.79. The highest BCUT2D eigenvalue weighted by Crippen LogP contribution is 2.37. The molecule has 0 saturated heterocycles. The van der Waals surface area contributed by atoms with Gasteiger partial charge in [0.15, 0.2) is 5.78 Å². The van der Waals surface area contributed by atoms with Crippen molar-refractivity contribution in [3.63, 3.8) is 0 Å². The second kappa shape index (κ2) is 4.74. The van der Waals surface area contributed by atoms with E-state index >= 15 is 0 Å². The molecule has 0 radical (unpaired) electrons. The number of ether oxygens (including phenoxy) is 1. The Bertz CT molecular complexity index is 671. The number of carbonyl (C=O) groups is 1. The molecule has 0 bridgehead atoms. The van der Waals surface area contributed by atoms with Gasteiger partial charge in [-0.1, -0.05) is 0 Å². The van der Waals surface area contributed by atoms with Crippen molar-refractivity contribution in [2.24, 2.45) is 0 Å². The average molecular weight is 284 g/mol. The predicted molar refractivity (Wildman–Crippen MR) is 80.0 cm³/mol. The number of aryl methyl sites for hydroxylation is 1. The zero-order valence-electron chi connectivity index (χ0n) is 11.2. The molecule has 4 rings (SSSR count). The van der Waals surface area contributed by atoms with Crippen LogP contribution in [0.2, 0.25) is 0 Å².